The summed E-state index contributed by atoms with van der Waals surface area (Å²) in [6.07, 6.45) is 2.64. The van der Waals surface area contributed by atoms with Gasteiger partial charge in [0.25, 0.3) is 0 Å². The Morgan fingerprint density at radius 1 is 0.495 bits per heavy atom. The summed E-state index contributed by atoms with van der Waals surface area (Å²) in [4.78, 5) is 5.40. The summed E-state index contributed by atoms with van der Waals surface area (Å²) >= 11 is 0. The number of aliphatic hydroxyl groups is 3. The highest BCUT2D eigenvalue weighted by atomic mass is 16.8. The molecule has 0 amide bonds. The number of rotatable bonds is 25. The molecule has 2 radical (unpaired) electrons. The molecule has 0 saturated carbocycles. The van der Waals surface area contributed by atoms with E-state index in [1.807, 2.05) is 85.8 Å². The first-order valence-electron chi connectivity index (χ1n) is 35.7. The van der Waals surface area contributed by atoms with Crippen LogP contribution in [0.1, 0.15) is 115 Å². The Morgan fingerprint density at radius 3 is 1.38 bits per heavy atom. The molecule has 3 N–H and O–H groups in total. The van der Waals surface area contributed by atoms with Gasteiger partial charge in [0, 0.05) is 69.4 Å². The number of azide groups is 2. The molecule has 7 fully saturated rings. The molecular weight excluding hydrogens is 1320 g/mol. The first-order valence-corrected chi connectivity index (χ1v) is 35.7. The number of fused-ring (bicyclic) bond motifs is 1. The quantitative estimate of drug-likeness (QED) is 0.0212. The van der Waals surface area contributed by atoms with Gasteiger partial charge >= 0.3 is 0 Å². The van der Waals surface area contributed by atoms with Crippen LogP contribution in [0.25, 0.3) is 20.9 Å². The first kappa shape index (κ1) is 85.9. The maximum atomic E-state index is 9.60. The fraction of sp³-hybridized carbons (Fsp3) is 0.610. The van der Waals surface area contributed by atoms with E-state index in [0.717, 1.165) is 54.4 Å². The minimum atomic E-state index is -0.809. The molecule has 103 heavy (non-hydrogen) atoms. The van der Waals surface area contributed by atoms with Gasteiger partial charge in [-0.3, -0.25) is 0 Å². The highest BCUT2D eigenvalue weighted by Crippen LogP contribution is 2.38. The lowest BCUT2D eigenvalue weighted by molar-refractivity contribution is -0.218. The highest BCUT2D eigenvalue weighted by Gasteiger charge is 2.54. The molecule has 7 saturated heterocycles. The number of hydrogen-bond acceptors (Lipinski definition) is 21. The number of hydrogen-bond donors (Lipinski definition) is 3. The van der Waals surface area contributed by atoms with E-state index in [1.165, 1.54) is 5.56 Å². The van der Waals surface area contributed by atoms with Crippen molar-refractivity contribution in [2.75, 3.05) is 54.9 Å². The van der Waals surface area contributed by atoms with E-state index in [0.29, 0.717) is 64.5 Å². The fourth-order valence-electron chi connectivity index (χ4n) is 12.4. The Bertz CT molecular complexity index is 3120. The molecule has 5 aromatic rings. The number of aliphatic hydroxyl groups excluding tert-OH is 3. The van der Waals surface area contributed by atoms with E-state index < -0.39 is 42.5 Å². The van der Waals surface area contributed by atoms with Gasteiger partial charge in [-0.25, -0.2) is 0 Å². The molecule has 20 atom stereocenters. The molecule has 0 bridgehead atoms. The second kappa shape index (κ2) is 47.6. The summed E-state index contributed by atoms with van der Waals surface area (Å²) in [6, 6.07) is 50.3. The third-order valence-electron chi connectivity index (χ3n) is 18.1. The summed E-state index contributed by atoms with van der Waals surface area (Å²) in [5.41, 5.74) is 22.4. The van der Waals surface area contributed by atoms with Crippen LogP contribution < -0.4 is 0 Å². The normalized spacial score (nSPS) is 30.4. The molecule has 12 rings (SSSR count). The zero-order valence-electron chi connectivity index (χ0n) is 61.7. The van der Waals surface area contributed by atoms with Crippen LogP contribution in [0.15, 0.2) is 162 Å². The molecule has 0 aliphatic carbocycles. The first-order chi connectivity index (χ1) is 49.9. The number of ether oxygens (including phenoxy) is 16. The molecule has 7 aliphatic rings. The van der Waals surface area contributed by atoms with E-state index in [1.54, 1.807) is 42.3 Å². The third kappa shape index (κ3) is 29.4. The van der Waals surface area contributed by atoms with Crippen LogP contribution in [0, 0.1) is 11.8 Å². The van der Waals surface area contributed by atoms with Gasteiger partial charge in [-0.1, -0.05) is 197 Å². The smallest absolute Gasteiger partial charge is 0.190 e. The Balaban J connectivity index is 0.000000197. The average Bonchev–Trinajstić information content (AvgIpc) is 1.63. The standard InChI is InChI=1S/C21H26O4.C20H24O4.C8H14O5.C8H16O2.C8H10.C7H13N3O2.C5H8BN3O2/c1-16-20(24-14-18-11-7-4-8-12-18)19(25-21(16)22-2)15-23-13-17-9-5-3-6-10-17;1-21-20-12-18(23-14-17-10-6-3-7-11-17)19(24-20)15-22-13-16-8-4-2-5-9-16;1-8(2)12-6-5(10)4(3-9)11-7(6)13-8;1-4-7-6(2)5-8(9-3)10-7;1-2-8-6-4-3-5-7-8;1-3-6-5(9-10-8)4-7(11-2)12-6;6-5-1-3(8-9-7)4(2-10)11-5/h3-12,16,19-21H,13-15H2,1-2H3;2-11,18-20H,12-15H2,1H3;4-7,9-10H,3H2,1-2H3;6-8H,4-5H2,1-3H3;3-7H,2H2,1H3;5-7H,3-4H2,1-2H3;3-5,10H,1-2H2/t16?,19-,20+,21?;18-,19+,20?;4-,5+,6?,7+;6-,7-,8?;;5-,6-,7?;3-,4-,5-/m1011.11/s1. The van der Waals surface area contributed by atoms with Crippen molar-refractivity contribution in [1.29, 1.82) is 0 Å². The Kier molecular flexibility index (Phi) is 39.7. The predicted molar refractivity (Wildman–Crippen MR) is 387 cm³/mol. The number of nitrogens with zero attached hydrogens (tertiary/aromatic N) is 6. The van der Waals surface area contributed by atoms with Crippen molar-refractivity contribution in [2.45, 2.75) is 236 Å². The van der Waals surface area contributed by atoms with Crippen LogP contribution in [-0.4, -0.2) is 194 Å². The summed E-state index contributed by atoms with van der Waals surface area (Å²) < 4.78 is 88.7. The van der Waals surface area contributed by atoms with Gasteiger partial charge in [-0.15, -0.1) is 0 Å². The third-order valence-corrected chi connectivity index (χ3v) is 18.1. The van der Waals surface area contributed by atoms with Crippen LogP contribution in [0.2, 0.25) is 0 Å². The molecule has 0 aromatic heterocycles. The second-order valence-corrected chi connectivity index (χ2v) is 26.1. The molecule has 7 aliphatic heterocycles. The van der Waals surface area contributed by atoms with Crippen LogP contribution >= 0.6 is 0 Å². The lowest BCUT2D eigenvalue weighted by Crippen LogP contribution is -2.36. The van der Waals surface area contributed by atoms with Crippen molar-refractivity contribution in [3.63, 3.8) is 0 Å². The number of benzene rings is 5. The van der Waals surface area contributed by atoms with E-state index >= 15 is 0 Å². The van der Waals surface area contributed by atoms with Crippen molar-refractivity contribution >= 4 is 7.85 Å². The van der Waals surface area contributed by atoms with E-state index in [9.17, 15) is 5.11 Å². The molecule has 5 aromatic carbocycles. The van der Waals surface area contributed by atoms with Crippen LogP contribution in [0.5, 0.6) is 0 Å². The van der Waals surface area contributed by atoms with Crippen LogP contribution in [-0.2, 0) is 109 Å². The molecule has 25 nitrogen and oxygen atoms in total. The van der Waals surface area contributed by atoms with Crippen molar-refractivity contribution in [3.8, 4) is 0 Å². The summed E-state index contributed by atoms with van der Waals surface area (Å²) in [7, 11) is 12.0. The Morgan fingerprint density at radius 2 is 0.942 bits per heavy atom. The number of aryl methyl sites for hydroxylation is 1. The van der Waals surface area contributed by atoms with Gasteiger partial charge in [0.1, 0.15) is 38.4 Å². The van der Waals surface area contributed by atoms with Gasteiger partial charge in [0.05, 0.1) is 95.5 Å². The topological polar surface area (TPSA) is 306 Å². The van der Waals surface area contributed by atoms with E-state index in [4.69, 9.17) is 105 Å². The summed E-state index contributed by atoms with van der Waals surface area (Å²) in [6.45, 7) is 17.0. The summed E-state index contributed by atoms with van der Waals surface area (Å²) in [5.74, 6) is 0.102. The zero-order valence-corrected chi connectivity index (χ0v) is 61.7. The highest BCUT2D eigenvalue weighted by molar-refractivity contribution is 6.11. The van der Waals surface area contributed by atoms with Crippen molar-refractivity contribution in [2.24, 2.45) is 22.1 Å². The van der Waals surface area contributed by atoms with Gasteiger partial charge < -0.3 is 91.1 Å². The number of methoxy groups -OCH3 is 4. The van der Waals surface area contributed by atoms with Crippen molar-refractivity contribution in [3.05, 3.63) is 200 Å². The lowest BCUT2D eigenvalue weighted by Gasteiger charge is -2.21. The van der Waals surface area contributed by atoms with Crippen LogP contribution in [0.4, 0.5) is 0 Å². The SMILES string of the molecule is CC1(C)OC2[C@@H](O[C@H](CO)[C@@H]2O)O1.CC[C@H]1OC(OC)C[C@H]1C.CC[C@H]1OC(OC)C[C@H]1N=[N+]=[N-].CCc1ccccc1.COC1C[C@H](OCc2ccccc2)[C@@H](COCc2ccccc2)O1.COC1O[C@H](COCc2ccccc2)[C@@H](OCc2ccccc2)C1C.[B][C@H]1C[C@@H](N=[N+]=[N-])[C@@H](CO)O1. The maximum Gasteiger partial charge on any atom is 0.190 e. The van der Waals surface area contributed by atoms with Crippen molar-refractivity contribution < 1.29 is 91.1 Å². The molecular formula is C77H111BN6O19. The van der Waals surface area contributed by atoms with Crippen molar-refractivity contribution in [1.82, 2.24) is 0 Å². The van der Waals surface area contributed by atoms with E-state index in [2.05, 4.69) is 121 Å². The maximum absolute atomic E-state index is 9.60. The molecule has 0 spiro atoms. The van der Waals surface area contributed by atoms with Gasteiger partial charge in [0.15, 0.2) is 37.2 Å². The lowest BCUT2D eigenvalue weighted by atomic mass is 9.95. The predicted octanol–water partition coefficient (Wildman–Crippen LogP) is 12.4. The molecule has 26 heteroatoms. The van der Waals surface area contributed by atoms with Gasteiger partial charge in [-0.2, -0.15) is 0 Å². The van der Waals surface area contributed by atoms with Gasteiger partial charge in [-0.05, 0) is 84.3 Å². The minimum absolute atomic E-state index is 0.0193. The fourth-order valence-corrected chi connectivity index (χ4v) is 12.4. The molecule has 6 unspecified atom stereocenters. The zero-order chi connectivity index (χ0) is 74.4. The average molecular weight is 1440 g/mol. The molecule has 7 heterocycles. The second-order valence-electron chi connectivity index (χ2n) is 26.1. The summed E-state index contributed by atoms with van der Waals surface area (Å²) in [5, 5.41) is 34.2. The van der Waals surface area contributed by atoms with E-state index in [-0.39, 0.29) is 86.9 Å². The van der Waals surface area contributed by atoms with Crippen LogP contribution in [0.3, 0.4) is 0 Å². The largest absolute Gasteiger partial charge is 0.394 e. The Hall–Kier alpha value is -5.98. The monoisotopic (exact) mass is 1430 g/mol. The van der Waals surface area contributed by atoms with Gasteiger partial charge in [0.2, 0.25) is 0 Å². The molecule has 566 valence electrons. The Labute approximate surface area is 609 Å². The minimum Gasteiger partial charge on any atom is -0.394 e.